The van der Waals surface area contributed by atoms with Crippen molar-refractivity contribution < 1.29 is 67.4 Å². The third kappa shape index (κ3) is 10.6. The molecule has 4 aliphatic heterocycles. The van der Waals surface area contributed by atoms with Crippen LogP contribution in [0.15, 0.2) is 24.3 Å². The highest BCUT2D eigenvalue weighted by Gasteiger charge is 2.68. The molecule has 0 aromatic heterocycles. The Morgan fingerprint density at radius 1 is 0.457 bits per heavy atom. The fourth-order valence-electron chi connectivity index (χ4n) is 9.10. The standard InChI is InChI=1S/C50H68Cl2N4O14/c1-43(2,3)65-35(57)33-23-49(63)27-19-25(29(51)21-31(27)53(39(59)67-45(7,8)9)37(49)55(33)41(61)69-47(13,14)15)26-20-28-32(22-30(26)52)54(40(60)68-46(10,11)12)38-50(28,64)24-34(36(58)66-44(4,5)6)56(38)42(62)70-48(16,17)18/h19-22,33-34,37-38,63-64H,23-24H2,1-18H3/t33-,34-,37-,38-,49+,50+/m0/s1. The number of halogens is 2. The third-order valence-electron chi connectivity index (χ3n) is 11.2. The molecule has 4 heterocycles. The maximum Gasteiger partial charge on any atom is 0.416 e. The summed E-state index contributed by atoms with van der Waals surface area (Å²) in [5, 5.41) is 26.2. The monoisotopic (exact) mass is 1020 g/mol. The summed E-state index contributed by atoms with van der Waals surface area (Å²) in [5.41, 5.74) is -10.4. The second kappa shape index (κ2) is 17.3. The molecule has 2 aromatic carbocycles. The van der Waals surface area contributed by atoms with Crippen molar-refractivity contribution in [3.8, 4) is 11.1 Å². The van der Waals surface area contributed by atoms with E-state index in [1.807, 2.05) is 0 Å². The van der Waals surface area contributed by atoms with E-state index in [-0.39, 0.29) is 43.7 Å². The number of aliphatic hydroxyl groups is 2. The van der Waals surface area contributed by atoms with Gasteiger partial charge in [0.2, 0.25) is 0 Å². The van der Waals surface area contributed by atoms with Gasteiger partial charge in [0.15, 0.2) is 12.3 Å². The average molecular weight is 1020 g/mol. The van der Waals surface area contributed by atoms with Crippen LogP contribution in [0.2, 0.25) is 10.0 Å². The lowest BCUT2D eigenvalue weighted by molar-refractivity contribution is -0.161. The van der Waals surface area contributed by atoms with E-state index in [1.54, 1.807) is 125 Å². The number of rotatable bonds is 3. The van der Waals surface area contributed by atoms with Gasteiger partial charge in [0.1, 0.15) is 56.9 Å². The lowest BCUT2D eigenvalue weighted by atomic mass is 9.86. The first-order valence-electron chi connectivity index (χ1n) is 23.1. The van der Waals surface area contributed by atoms with Crippen LogP contribution in [-0.2, 0) is 49.2 Å². The minimum absolute atomic E-state index is 0.0303. The number of carbonyl (C=O) groups is 6. The van der Waals surface area contributed by atoms with Crippen molar-refractivity contribution in [2.45, 2.75) is 207 Å². The number of carbonyl (C=O) groups excluding carboxylic acids is 6. The zero-order chi connectivity index (χ0) is 53.2. The van der Waals surface area contributed by atoms with Gasteiger partial charge in [-0.05, 0) is 149 Å². The van der Waals surface area contributed by atoms with Gasteiger partial charge in [0.25, 0.3) is 0 Å². The summed E-state index contributed by atoms with van der Waals surface area (Å²) in [5.74, 6) is -1.75. The Morgan fingerprint density at radius 2 is 0.714 bits per heavy atom. The summed E-state index contributed by atoms with van der Waals surface area (Å²) < 4.78 is 34.8. The first kappa shape index (κ1) is 54.3. The molecule has 2 fully saturated rings. The topological polar surface area (TPSA) is 211 Å². The van der Waals surface area contributed by atoms with E-state index in [1.165, 1.54) is 24.3 Å². The minimum atomic E-state index is -2.22. The molecule has 6 rings (SSSR count). The number of hydrogen-bond acceptors (Lipinski definition) is 14. The van der Waals surface area contributed by atoms with Gasteiger partial charge in [-0.3, -0.25) is 19.6 Å². The number of amides is 4. The molecule has 0 spiro atoms. The molecular formula is C50H68Cl2N4O14. The van der Waals surface area contributed by atoms with E-state index in [2.05, 4.69) is 0 Å². The largest absolute Gasteiger partial charge is 0.458 e. The van der Waals surface area contributed by atoms with Crippen LogP contribution in [0.25, 0.3) is 11.1 Å². The SMILES string of the molecule is CC(C)(C)OC(=O)[C@@H]1C[C@@]2(O)c3cc(-c4cc5c(cc4Cl)N(C(=O)OC(C)(C)C)[C@H]4N(C(=O)OC(C)(C)C)[C@H](C(=O)OC(C)(C)C)C[C@@]54O)c(Cl)cc3N(C(=O)OC(C)(C)C)[C@H]2N1C(=O)OC(C)(C)C. The Labute approximate surface area is 419 Å². The summed E-state index contributed by atoms with van der Waals surface area (Å²) in [6, 6.07) is 2.72. The van der Waals surface area contributed by atoms with E-state index in [9.17, 15) is 39.0 Å². The Bertz CT molecular complexity index is 2340. The normalized spacial score (nSPS) is 24.4. The second-order valence-electron chi connectivity index (χ2n) is 24.3. The number of esters is 2. The summed E-state index contributed by atoms with van der Waals surface area (Å²) >= 11 is 14.4. The van der Waals surface area contributed by atoms with Gasteiger partial charge >= 0.3 is 36.3 Å². The van der Waals surface area contributed by atoms with Crippen LogP contribution in [0.5, 0.6) is 0 Å². The zero-order valence-electron chi connectivity index (χ0n) is 43.4. The molecular weight excluding hydrogens is 951 g/mol. The summed E-state index contributed by atoms with van der Waals surface area (Å²) in [6.07, 6.45) is -8.27. The smallest absolute Gasteiger partial charge is 0.416 e. The van der Waals surface area contributed by atoms with Crippen molar-refractivity contribution in [1.82, 2.24) is 9.80 Å². The Hall–Kier alpha value is -5.04. The number of benzene rings is 2. The van der Waals surface area contributed by atoms with Crippen LogP contribution in [0.3, 0.4) is 0 Å². The Morgan fingerprint density at radius 3 is 0.971 bits per heavy atom. The Balaban J connectivity index is 1.60. The molecule has 20 heteroatoms. The highest BCUT2D eigenvalue weighted by atomic mass is 35.5. The highest BCUT2D eigenvalue weighted by Crippen LogP contribution is 2.59. The van der Waals surface area contributed by atoms with Crippen molar-refractivity contribution in [1.29, 1.82) is 0 Å². The summed E-state index contributed by atoms with van der Waals surface area (Å²) in [6.45, 7) is 29.5. The van der Waals surface area contributed by atoms with Gasteiger partial charge in [-0.1, -0.05) is 23.2 Å². The third-order valence-corrected chi connectivity index (χ3v) is 11.8. The fourth-order valence-corrected chi connectivity index (χ4v) is 9.62. The van der Waals surface area contributed by atoms with E-state index < -0.39 is 118 Å². The van der Waals surface area contributed by atoms with Gasteiger partial charge in [-0.15, -0.1) is 0 Å². The van der Waals surface area contributed by atoms with Gasteiger partial charge < -0.3 is 38.6 Å². The molecule has 2 aromatic rings. The van der Waals surface area contributed by atoms with Gasteiger partial charge in [-0.2, -0.15) is 0 Å². The van der Waals surface area contributed by atoms with E-state index >= 15 is 0 Å². The maximum absolute atomic E-state index is 14.4. The minimum Gasteiger partial charge on any atom is -0.458 e. The quantitative estimate of drug-likeness (QED) is 0.217. The lowest BCUT2D eigenvalue weighted by Gasteiger charge is -2.37. The molecule has 2 saturated heterocycles. The molecule has 2 N–H and O–H groups in total. The molecule has 4 aliphatic rings. The molecule has 6 atom stereocenters. The predicted octanol–water partition coefficient (Wildman–Crippen LogP) is 9.90. The van der Waals surface area contributed by atoms with Gasteiger partial charge in [-0.25, -0.2) is 28.8 Å². The number of ether oxygens (including phenoxy) is 6. The number of fused-ring (bicyclic) bond motifs is 6. The van der Waals surface area contributed by atoms with Crippen molar-refractivity contribution in [2.24, 2.45) is 0 Å². The molecule has 4 amide bonds. The van der Waals surface area contributed by atoms with Gasteiger partial charge in [0.05, 0.1) is 21.4 Å². The first-order chi connectivity index (χ1) is 31.5. The molecule has 70 heavy (non-hydrogen) atoms. The molecule has 0 radical (unpaired) electrons. The molecule has 0 bridgehead atoms. The summed E-state index contributed by atoms with van der Waals surface area (Å²) in [7, 11) is 0. The molecule has 18 nitrogen and oxygen atoms in total. The second-order valence-corrected chi connectivity index (χ2v) is 25.1. The molecule has 0 unspecified atom stereocenters. The van der Waals surface area contributed by atoms with Crippen molar-refractivity contribution in [3.05, 3.63) is 45.4 Å². The zero-order valence-corrected chi connectivity index (χ0v) is 44.9. The number of hydrogen-bond donors (Lipinski definition) is 2. The van der Waals surface area contributed by atoms with E-state index in [0.29, 0.717) is 0 Å². The summed E-state index contributed by atoms with van der Waals surface area (Å²) in [4.78, 5) is 89.7. The number of anilines is 2. The van der Waals surface area contributed by atoms with Crippen molar-refractivity contribution in [2.75, 3.05) is 9.80 Å². The maximum atomic E-state index is 14.4. The Kier molecular flexibility index (Phi) is 13.4. The van der Waals surface area contributed by atoms with Crippen LogP contribution in [0.4, 0.5) is 30.6 Å². The molecule has 0 aliphatic carbocycles. The number of nitrogens with zero attached hydrogens (tertiary/aromatic N) is 4. The molecule has 0 saturated carbocycles. The highest BCUT2D eigenvalue weighted by molar-refractivity contribution is 6.37. The first-order valence-corrected chi connectivity index (χ1v) is 23.9. The predicted molar refractivity (Wildman–Crippen MR) is 259 cm³/mol. The van der Waals surface area contributed by atoms with Crippen LogP contribution < -0.4 is 9.80 Å². The van der Waals surface area contributed by atoms with E-state index in [4.69, 9.17) is 51.6 Å². The van der Waals surface area contributed by atoms with Crippen molar-refractivity contribution in [3.63, 3.8) is 0 Å². The van der Waals surface area contributed by atoms with Crippen LogP contribution in [-0.4, -0.2) is 114 Å². The average Bonchev–Trinajstić information content (AvgIpc) is 3.75. The van der Waals surface area contributed by atoms with Crippen molar-refractivity contribution >= 4 is 70.9 Å². The van der Waals surface area contributed by atoms with Crippen LogP contribution in [0, 0.1) is 0 Å². The van der Waals surface area contributed by atoms with Crippen LogP contribution >= 0.6 is 23.2 Å². The fraction of sp³-hybridized carbons (Fsp3) is 0.640. The van der Waals surface area contributed by atoms with E-state index in [0.717, 1.165) is 19.6 Å². The number of likely N-dealkylation sites (tertiary alicyclic amines) is 2. The molecule has 386 valence electrons. The van der Waals surface area contributed by atoms with Gasteiger partial charge in [0, 0.05) is 35.1 Å². The van der Waals surface area contributed by atoms with Crippen LogP contribution in [0.1, 0.15) is 149 Å². The lowest BCUT2D eigenvalue weighted by Crippen LogP contribution is -2.58.